The number of ether oxygens (including phenoxy) is 1. The fraction of sp³-hybridized carbons (Fsp3) is 0.640. The van der Waals surface area contributed by atoms with E-state index in [1.807, 2.05) is 24.3 Å². The maximum absolute atomic E-state index is 12.1. The van der Waals surface area contributed by atoms with Crippen LogP contribution in [0.1, 0.15) is 59.6 Å². The van der Waals surface area contributed by atoms with Gasteiger partial charge in [0.2, 0.25) is 0 Å². The molecule has 0 unspecified atom stereocenters. The van der Waals surface area contributed by atoms with Crippen molar-refractivity contribution in [1.29, 1.82) is 0 Å². The quantitative estimate of drug-likeness (QED) is 0.248. The number of rotatable bonds is 7. The van der Waals surface area contributed by atoms with Gasteiger partial charge in [-0.25, -0.2) is 0 Å². The van der Waals surface area contributed by atoms with Crippen LogP contribution in [0.25, 0.3) is 0 Å². The molecule has 6 heteroatoms. The Bertz CT molecular complexity index is 773. The highest BCUT2D eigenvalue weighted by Gasteiger charge is 2.44. The molecule has 1 aromatic carbocycles. The SMILES string of the molecule is CC(C)(C)[Si](C)(C)O[C@@H](C=C[C@H]1OC(=O)C[C@H]1O[Si](C)(C)C(C)(C)C)c1ccccc1. The van der Waals surface area contributed by atoms with Crippen molar-refractivity contribution < 1.29 is 18.4 Å². The van der Waals surface area contributed by atoms with Crippen LogP contribution in [0.5, 0.6) is 0 Å². The van der Waals surface area contributed by atoms with Crippen molar-refractivity contribution in [2.75, 3.05) is 0 Å². The summed E-state index contributed by atoms with van der Waals surface area (Å²) in [6.07, 6.45) is 3.54. The lowest BCUT2D eigenvalue weighted by molar-refractivity contribution is -0.140. The first-order valence-electron chi connectivity index (χ1n) is 11.3. The third-order valence-electron chi connectivity index (χ3n) is 7.09. The van der Waals surface area contributed by atoms with E-state index in [-0.39, 0.29) is 34.4 Å². The molecule has 0 aliphatic carbocycles. The van der Waals surface area contributed by atoms with Gasteiger partial charge in [0.1, 0.15) is 6.10 Å². The predicted octanol–water partition coefficient (Wildman–Crippen LogP) is 7.01. The molecule has 1 fully saturated rings. The molecule has 0 spiro atoms. The molecule has 1 aromatic rings. The van der Waals surface area contributed by atoms with Crippen LogP contribution in [0, 0.1) is 0 Å². The second kappa shape index (κ2) is 9.34. The van der Waals surface area contributed by atoms with Crippen LogP contribution < -0.4 is 0 Å². The van der Waals surface area contributed by atoms with Crippen molar-refractivity contribution in [2.45, 2.75) is 103 Å². The summed E-state index contributed by atoms with van der Waals surface area (Å²) in [4.78, 5) is 12.1. The van der Waals surface area contributed by atoms with Crippen molar-refractivity contribution >= 4 is 22.6 Å². The third kappa shape index (κ3) is 6.64. The van der Waals surface area contributed by atoms with Gasteiger partial charge in [0.05, 0.1) is 18.6 Å². The molecule has 4 nitrogen and oxygen atoms in total. The predicted molar refractivity (Wildman–Crippen MR) is 133 cm³/mol. The minimum Gasteiger partial charge on any atom is -0.455 e. The minimum atomic E-state index is -2.02. The lowest BCUT2D eigenvalue weighted by Gasteiger charge is -2.39. The zero-order valence-corrected chi connectivity index (χ0v) is 23.1. The van der Waals surface area contributed by atoms with Gasteiger partial charge in [-0.05, 0) is 47.9 Å². The van der Waals surface area contributed by atoms with Crippen molar-refractivity contribution in [3.05, 3.63) is 48.0 Å². The molecule has 174 valence electrons. The Morgan fingerprint density at radius 3 is 2.03 bits per heavy atom. The topological polar surface area (TPSA) is 44.8 Å². The largest absolute Gasteiger partial charge is 0.455 e. The van der Waals surface area contributed by atoms with Crippen LogP contribution in [-0.2, 0) is 18.4 Å². The minimum absolute atomic E-state index is 0.0743. The van der Waals surface area contributed by atoms with Crippen molar-refractivity contribution in [3.8, 4) is 0 Å². The van der Waals surface area contributed by atoms with Gasteiger partial charge in [0.25, 0.3) is 0 Å². The Hall–Kier alpha value is -1.22. The third-order valence-corrected chi connectivity index (χ3v) is 16.0. The summed E-state index contributed by atoms with van der Waals surface area (Å²) in [6.45, 7) is 22.3. The molecule has 1 saturated heterocycles. The smallest absolute Gasteiger partial charge is 0.309 e. The molecule has 2 rings (SSSR count). The van der Waals surface area contributed by atoms with Gasteiger partial charge >= 0.3 is 5.97 Å². The highest BCUT2D eigenvalue weighted by molar-refractivity contribution is 6.74. The normalized spacial score (nSPS) is 22.1. The second-order valence-corrected chi connectivity index (χ2v) is 21.2. The zero-order valence-electron chi connectivity index (χ0n) is 21.1. The molecule has 3 atom stereocenters. The molecule has 0 N–H and O–H groups in total. The summed E-state index contributed by atoms with van der Waals surface area (Å²) < 4.78 is 18.9. The van der Waals surface area contributed by atoms with Crippen molar-refractivity contribution in [2.24, 2.45) is 0 Å². The summed E-state index contributed by atoms with van der Waals surface area (Å²) in [7, 11) is -4.02. The Labute approximate surface area is 191 Å². The lowest BCUT2D eigenvalue weighted by atomic mass is 10.1. The van der Waals surface area contributed by atoms with E-state index in [4.69, 9.17) is 13.6 Å². The molecule has 1 heterocycles. The molecule has 0 saturated carbocycles. The summed E-state index contributed by atoms with van der Waals surface area (Å²) in [5, 5.41) is 0.173. The van der Waals surface area contributed by atoms with E-state index < -0.39 is 16.6 Å². The zero-order chi connectivity index (χ0) is 23.7. The van der Waals surface area contributed by atoms with Crippen LogP contribution in [-0.4, -0.2) is 34.8 Å². The van der Waals surface area contributed by atoms with E-state index in [0.717, 1.165) is 5.56 Å². The van der Waals surface area contributed by atoms with Gasteiger partial charge < -0.3 is 13.6 Å². The molecular weight excluding hydrogens is 420 g/mol. The van der Waals surface area contributed by atoms with Crippen LogP contribution in [0.3, 0.4) is 0 Å². The highest BCUT2D eigenvalue weighted by Crippen LogP contribution is 2.41. The number of benzene rings is 1. The Morgan fingerprint density at radius 1 is 0.968 bits per heavy atom. The standard InChI is InChI=1S/C25H42O4Si2/c1-24(2,3)30(7,8)28-20(19-14-12-11-13-15-19)16-17-21-22(18-23(26)27-21)29-31(9,10)25(4,5)6/h11-17,20-22H,18H2,1-10H3/t20-,21+,22+/m0/s1. The Kier molecular flexibility index (Phi) is 7.84. The molecule has 0 aromatic heterocycles. The van der Waals surface area contributed by atoms with Crippen LogP contribution in [0.2, 0.25) is 36.3 Å². The Morgan fingerprint density at radius 2 is 1.52 bits per heavy atom. The summed E-state index contributed by atoms with van der Waals surface area (Å²) in [5.74, 6) is -0.195. The first kappa shape index (κ1) is 26.0. The van der Waals surface area contributed by atoms with Gasteiger partial charge in [-0.2, -0.15) is 0 Å². The molecule has 0 radical (unpaired) electrons. The first-order chi connectivity index (χ1) is 14.0. The second-order valence-electron chi connectivity index (χ2n) is 11.7. The summed E-state index contributed by atoms with van der Waals surface area (Å²) in [6, 6.07) is 10.3. The van der Waals surface area contributed by atoms with Crippen molar-refractivity contribution in [3.63, 3.8) is 0 Å². The van der Waals surface area contributed by atoms with Gasteiger partial charge in [-0.1, -0.05) is 78.0 Å². The highest BCUT2D eigenvalue weighted by atomic mass is 28.4. The fourth-order valence-electron chi connectivity index (χ4n) is 2.95. The van der Waals surface area contributed by atoms with E-state index >= 15 is 0 Å². The summed E-state index contributed by atoms with van der Waals surface area (Å²) in [5.41, 5.74) is 1.11. The van der Waals surface area contributed by atoms with Crippen LogP contribution in [0.4, 0.5) is 0 Å². The number of hydrogen-bond acceptors (Lipinski definition) is 4. The van der Waals surface area contributed by atoms with Gasteiger partial charge in [0, 0.05) is 0 Å². The molecule has 0 bridgehead atoms. The van der Waals surface area contributed by atoms with Crippen LogP contribution >= 0.6 is 0 Å². The van der Waals surface area contributed by atoms with E-state index in [1.54, 1.807) is 0 Å². The molecular formula is C25H42O4Si2. The van der Waals surface area contributed by atoms with Gasteiger partial charge in [-0.3, -0.25) is 4.79 Å². The first-order valence-corrected chi connectivity index (χ1v) is 17.1. The maximum atomic E-state index is 12.1. The number of cyclic esters (lactones) is 1. The van der Waals surface area contributed by atoms with Crippen LogP contribution in [0.15, 0.2) is 42.5 Å². The van der Waals surface area contributed by atoms with E-state index in [1.165, 1.54) is 0 Å². The maximum Gasteiger partial charge on any atom is 0.309 e. The summed E-state index contributed by atoms with van der Waals surface area (Å²) >= 11 is 0. The number of carbonyl (C=O) groups is 1. The van der Waals surface area contributed by atoms with E-state index in [2.05, 4.69) is 85.9 Å². The monoisotopic (exact) mass is 462 g/mol. The van der Waals surface area contributed by atoms with E-state index in [9.17, 15) is 4.79 Å². The van der Waals surface area contributed by atoms with Crippen molar-refractivity contribution in [1.82, 2.24) is 0 Å². The molecule has 1 aliphatic rings. The Balaban J connectivity index is 2.28. The molecule has 0 amide bonds. The fourth-order valence-corrected chi connectivity index (χ4v) is 5.48. The van der Waals surface area contributed by atoms with Gasteiger partial charge in [-0.15, -0.1) is 0 Å². The average Bonchev–Trinajstić information content (AvgIpc) is 2.96. The number of carbonyl (C=O) groups excluding carboxylic acids is 1. The number of hydrogen-bond donors (Lipinski definition) is 0. The number of esters is 1. The average molecular weight is 463 g/mol. The van der Waals surface area contributed by atoms with E-state index in [0.29, 0.717) is 6.42 Å². The lowest BCUT2D eigenvalue weighted by Crippen LogP contribution is -2.45. The molecule has 1 aliphatic heterocycles. The molecule has 31 heavy (non-hydrogen) atoms. The van der Waals surface area contributed by atoms with Gasteiger partial charge in [0.15, 0.2) is 16.6 Å².